The van der Waals surface area contributed by atoms with Crippen LogP contribution in [0.1, 0.15) is 0 Å². The van der Waals surface area contributed by atoms with Gasteiger partial charge in [-0.15, -0.1) is 0 Å². The topological polar surface area (TPSA) is 37.8 Å². The van der Waals surface area contributed by atoms with Gasteiger partial charge in [0.2, 0.25) is 5.95 Å². The fourth-order valence-electron chi connectivity index (χ4n) is 1.77. The highest BCUT2D eigenvalue weighted by atomic mass is 79.9. The molecule has 0 radical (unpaired) electrons. The lowest BCUT2D eigenvalue weighted by atomic mass is 10.2. The molecule has 0 fully saturated rings. The summed E-state index contributed by atoms with van der Waals surface area (Å²) >= 11 is 9.13. The quantitative estimate of drug-likeness (QED) is 0.711. The van der Waals surface area contributed by atoms with Crippen LogP contribution in [-0.2, 0) is 0 Å². The van der Waals surface area contributed by atoms with E-state index in [1.807, 2.05) is 18.2 Å². The average Bonchev–Trinajstić information content (AvgIpc) is 2.43. The molecule has 0 unspecified atom stereocenters. The standard InChI is InChI=1S/C14H8BrClFN3/c15-9-1-4-13-8(5-9)7-18-14(20-13)19-10-2-3-12(17)11(16)6-10/h1-7H,(H,18,19,20). The largest absolute Gasteiger partial charge is 0.324 e. The third kappa shape index (κ3) is 2.73. The van der Waals surface area contributed by atoms with Crippen molar-refractivity contribution in [1.29, 1.82) is 0 Å². The van der Waals surface area contributed by atoms with Gasteiger partial charge in [0.1, 0.15) is 5.82 Å². The first-order chi connectivity index (χ1) is 9.61. The van der Waals surface area contributed by atoms with Crippen LogP contribution in [0.3, 0.4) is 0 Å². The van der Waals surface area contributed by atoms with E-state index in [0.717, 1.165) is 15.4 Å². The lowest BCUT2D eigenvalue weighted by Gasteiger charge is -2.06. The molecule has 3 rings (SSSR count). The number of hydrogen-bond acceptors (Lipinski definition) is 3. The molecule has 0 saturated carbocycles. The van der Waals surface area contributed by atoms with Crippen LogP contribution in [-0.4, -0.2) is 9.97 Å². The summed E-state index contributed by atoms with van der Waals surface area (Å²) in [6, 6.07) is 10.1. The van der Waals surface area contributed by atoms with Gasteiger partial charge in [-0.3, -0.25) is 0 Å². The van der Waals surface area contributed by atoms with Gasteiger partial charge in [-0.1, -0.05) is 27.5 Å². The zero-order chi connectivity index (χ0) is 14.1. The normalized spacial score (nSPS) is 10.8. The van der Waals surface area contributed by atoms with Crippen LogP contribution in [0.15, 0.2) is 47.1 Å². The summed E-state index contributed by atoms with van der Waals surface area (Å²) in [5.74, 6) is -0.0241. The van der Waals surface area contributed by atoms with E-state index in [-0.39, 0.29) is 5.02 Å². The van der Waals surface area contributed by atoms with E-state index >= 15 is 0 Å². The van der Waals surface area contributed by atoms with Crippen LogP contribution < -0.4 is 5.32 Å². The summed E-state index contributed by atoms with van der Waals surface area (Å²) in [6.45, 7) is 0. The summed E-state index contributed by atoms with van der Waals surface area (Å²) in [6.07, 6.45) is 1.72. The van der Waals surface area contributed by atoms with Crippen LogP contribution in [0.5, 0.6) is 0 Å². The van der Waals surface area contributed by atoms with Gasteiger partial charge < -0.3 is 5.32 Å². The van der Waals surface area contributed by atoms with Crippen molar-refractivity contribution < 1.29 is 4.39 Å². The first-order valence-electron chi connectivity index (χ1n) is 5.76. The van der Waals surface area contributed by atoms with Crippen LogP contribution in [0.25, 0.3) is 10.9 Å². The molecule has 0 saturated heterocycles. The highest BCUT2D eigenvalue weighted by Gasteiger charge is 2.04. The molecule has 6 heteroatoms. The highest BCUT2D eigenvalue weighted by molar-refractivity contribution is 9.10. The van der Waals surface area contributed by atoms with Gasteiger partial charge in [0.05, 0.1) is 10.5 Å². The summed E-state index contributed by atoms with van der Waals surface area (Å²) in [7, 11) is 0. The predicted molar refractivity (Wildman–Crippen MR) is 81.9 cm³/mol. The molecule has 0 amide bonds. The Kier molecular flexibility index (Phi) is 3.54. The molecule has 0 aliphatic rings. The van der Waals surface area contributed by atoms with Crippen molar-refractivity contribution in [3.63, 3.8) is 0 Å². The Morgan fingerprint density at radius 3 is 2.80 bits per heavy atom. The minimum absolute atomic E-state index is 0.0553. The second-order valence-corrected chi connectivity index (χ2v) is 5.47. The van der Waals surface area contributed by atoms with E-state index in [2.05, 4.69) is 31.2 Å². The van der Waals surface area contributed by atoms with E-state index in [0.29, 0.717) is 11.6 Å². The SMILES string of the molecule is Fc1ccc(Nc2ncc3cc(Br)ccc3n2)cc1Cl. The van der Waals surface area contributed by atoms with Gasteiger partial charge >= 0.3 is 0 Å². The molecule has 3 nitrogen and oxygen atoms in total. The zero-order valence-corrected chi connectivity index (χ0v) is 12.4. The molecule has 0 spiro atoms. The summed E-state index contributed by atoms with van der Waals surface area (Å²) in [5.41, 5.74) is 1.45. The van der Waals surface area contributed by atoms with Gasteiger partial charge in [-0.25, -0.2) is 14.4 Å². The second kappa shape index (κ2) is 5.34. The Morgan fingerprint density at radius 2 is 2.00 bits per heavy atom. The number of fused-ring (bicyclic) bond motifs is 1. The maximum atomic E-state index is 13.1. The van der Waals surface area contributed by atoms with Crippen LogP contribution >= 0.6 is 27.5 Å². The first kappa shape index (κ1) is 13.3. The Hall–Kier alpha value is -1.72. The fourth-order valence-corrected chi connectivity index (χ4v) is 2.33. The van der Waals surface area contributed by atoms with Gasteiger partial charge in [0, 0.05) is 21.7 Å². The molecule has 100 valence electrons. The highest BCUT2D eigenvalue weighted by Crippen LogP contribution is 2.23. The number of nitrogens with one attached hydrogen (secondary N) is 1. The van der Waals surface area contributed by atoms with Gasteiger partial charge in [-0.2, -0.15) is 0 Å². The number of hydrogen-bond donors (Lipinski definition) is 1. The van der Waals surface area contributed by atoms with Crippen LogP contribution in [0, 0.1) is 5.82 Å². The second-order valence-electron chi connectivity index (χ2n) is 4.15. The average molecular weight is 353 g/mol. The van der Waals surface area contributed by atoms with Crippen molar-refractivity contribution in [1.82, 2.24) is 9.97 Å². The van der Waals surface area contributed by atoms with Crippen molar-refractivity contribution in [3.05, 3.63) is 57.9 Å². The molecule has 0 bridgehead atoms. The van der Waals surface area contributed by atoms with Crippen molar-refractivity contribution in [2.75, 3.05) is 5.32 Å². The van der Waals surface area contributed by atoms with Gasteiger partial charge in [-0.05, 0) is 36.4 Å². The lowest BCUT2D eigenvalue weighted by Crippen LogP contribution is -1.97. The molecular formula is C14H8BrClFN3. The molecule has 1 N–H and O–H groups in total. The molecule has 20 heavy (non-hydrogen) atoms. The van der Waals surface area contributed by atoms with Gasteiger partial charge in [0.15, 0.2) is 0 Å². The monoisotopic (exact) mass is 351 g/mol. The van der Waals surface area contributed by atoms with E-state index in [9.17, 15) is 4.39 Å². The number of nitrogens with zero attached hydrogens (tertiary/aromatic N) is 2. The summed E-state index contributed by atoms with van der Waals surface area (Å²) in [4.78, 5) is 8.60. The van der Waals surface area contributed by atoms with Crippen molar-refractivity contribution in [2.24, 2.45) is 0 Å². The number of rotatable bonds is 2. The van der Waals surface area contributed by atoms with Crippen molar-refractivity contribution >= 4 is 50.1 Å². The van der Waals surface area contributed by atoms with E-state index in [1.54, 1.807) is 12.3 Å². The molecular weight excluding hydrogens is 345 g/mol. The number of benzene rings is 2. The summed E-state index contributed by atoms with van der Waals surface area (Å²) < 4.78 is 14.1. The Morgan fingerprint density at radius 1 is 1.15 bits per heavy atom. The summed E-state index contributed by atoms with van der Waals surface area (Å²) in [5, 5.41) is 3.98. The van der Waals surface area contributed by atoms with Crippen LogP contribution in [0.4, 0.5) is 16.0 Å². The third-order valence-corrected chi connectivity index (χ3v) is 3.50. The van der Waals surface area contributed by atoms with Crippen molar-refractivity contribution in [2.45, 2.75) is 0 Å². The van der Waals surface area contributed by atoms with E-state index < -0.39 is 5.82 Å². The molecule has 1 aromatic heterocycles. The molecule has 0 atom stereocenters. The van der Waals surface area contributed by atoms with E-state index in [1.165, 1.54) is 12.1 Å². The Balaban J connectivity index is 1.94. The minimum atomic E-state index is -0.457. The minimum Gasteiger partial charge on any atom is -0.324 e. The fraction of sp³-hybridized carbons (Fsp3) is 0. The zero-order valence-electron chi connectivity index (χ0n) is 10.1. The molecule has 3 aromatic rings. The predicted octanol–water partition coefficient (Wildman–Crippen LogP) is 4.93. The number of halogens is 3. The first-order valence-corrected chi connectivity index (χ1v) is 6.93. The molecule has 0 aliphatic heterocycles. The maximum Gasteiger partial charge on any atom is 0.227 e. The molecule has 2 aromatic carbocycles. The van der Waals surface area contributed by atoms with E-state index in [4.69, 9.17) is 11.6 Å². The lowest BCUT2D eigenvalue weighted by molar-refractivity contribution is 0.628. The number of aromatic nitrogens is 2. The maximum absolute atomic E-state index is 13.1. The molecule has 1 heterocycles. The third-order valence-electron chi connectivity index (χ3n) is 2.72. The van der Waals surface area contributed by atoms with Crippen molar-refractivity contribution in [3.8, 4) is 0 Å². The van der Waals surface area contributed by atoms with Gasteiger partial charge in [0.25, 0.3) is 0 Å². The molecule has 0 aliphatic carbocycles. The Bertz CT molecular complexity index is 794. The Labute approximate surface area is 127 Å². The smallest absolute Gasteiger partial charge is 0.227 e. The number of anilines is 2. The van der Waals surface area contributed by atoms with Crippen LogP contribution in [0.2, 0.25) is 5.02 Å².